The van der Waals surface area contributed by atoms with E-state index >= 15 is 0 Å². The number of benzene rings is 1. The Labute approximate surface area is 140 Å². The highest BCUT2D eigenvalue weighted by Gasteiger charge is 2.49. The maximum atomic E-state index is 12.1. The van der Waals surface area contributed by atoms with Crippen LogP contribution in [0.1, 0.15) is 37.7 Å². The first-order valence-corrected chi connectivity index (χ1v) is 8.25. The molecular formula is C19H18O5. The fourth-order valence-electron chi connectivity index (χ4n) is 3.50. The molecule has 0 aromatic heterocycles. The number of ether oxygens (including phenoxy) is 3. The van der Waals surface area contributed by atoms with Crippen molar-refractivity contribution in [3.05, 3.63) is 23.8 Å². The Morgan fingerprint density at radius 3 is 2.83 bits per heavy atom. The third-order valence-corrected chi connectivity index (χ3v) is 5.14. The molecule has 24 heavy (non-hydrogen) atoms. The number of rotatable bonds is 3. The van der Waals surface area contributed by atoms with Crippen LogP contribution in [0.25, 0.3) is 0 Å². The zero-order valence-electron chi connectivity index (χ0n) is 13.3. The third kappa shape index (κ3) is 3.09. The standard InChI is InChI=1S/C19H18O5/c20-15(14-5-6-19(10-14)7-8-19)11-22-18(21)4-2-13-1-3-16-17(9-13)24-12-23-16/h1,3,9,14H,5-8,10-12H2. The Morgan fingerprint density at radius 2 is 2.04 bits per heavy atom. The highest BCUT2D eigenvalue weighted by Crippen LogP contribution is 2.59. The lowest BCUT2D eigenvalue weighted by molar-refractivity contribution is -0.143. The zero-order valence-corrected chi connectivity index (χ0v) is 13.3. The van der Waals surface area contributed by atoms with Gasteiger partial charge < -0.3 is 14.2 Å². The van der Waals surface area contributed by atoms with Gasteiger partial charge in [-0.2, -0.15) is 0 Å². The van der Waals surface area contributed by atoms with Gasteiger partial charge in [-0.15, -0.1) is 0 Å². The molecule has 2 fully saturated rings. The molecule has 0 amide bonds. The number of fused-ring (bicyclic) bond motifs is 1. The molecule has 0 N–H and O–H groups in total. The molecule has 0 radical (unpaired) electrons. The fourth-order valence-corrected chi connectivity index (χ4v) is 3.50. The molecule has 1 aromatic rings. The van der Waals surface area contributed by atoms with Crippen LogP contribution in [0.3, 0.4) is 0 Å². The Kier molecular flexibility index (Phi) is 3.68. The van der Waals surface area contributed by atoms with Crippen molar-refractivity contribution in [1.82, 2.24) is 0 Å². The predicted octanol–water partition coefficient (Wildman–Crippen LogP) is 2.46. The summed E-state index contributed by atoms with van der Waals surface area (Å²) in [6.45, 7) is 0.0220. The summed E-state index contributed by atoms with van der Waals surface area (Å²) in [6, 6.07) is 5.20. The van der Waals surface area contributed by atoms with E-state index in [1.807, 2.05) is 0 Å². The molecule has 1 unspecified atom stereocenters. The number of Topliss-reactive ketones (excluding diaryl/α,β-unsaturated/α-hetero) is 1. The second kappa shape index (κ2) is 5.86. The number of hydrogen-bond acceptors (Lipinski definition) is 5. The number of esters is 1. The van der Waals surface area contributed by atoms with Crippen molar-refractivity contribution in [3.8, 4) is 23.3 Å². The summed E-state index contributed by atoms with van der Waals surface area (Å²) in [5.74, 6) is 5.80. The van der Waals surface area contributed by atoms with Crippen molar-refractivity contribution in [3.63, 3.8) is 0 Å². The normalized spacial score (nSPS) is 21.9. The molecule has 124 valence electrons. The molecule has 1 heterocycles. The monoisotopic (exact) mass is 326 g/mol. The molecule has 5 heteroatoms. The van der Waals surface area contributed by atoms with Gasteiger partial charge in [0.1, 0.15) is 0 Å². The summed E-state index contributed by atoms with van der Waals surface area (Å²) in [7, 11) is 0. The largest absolute Gasteiger partial charge is 0.454 e. The van der Waals surface area contributed by atoms with E-state index in [4.69, 9.17) is 14.2 Å². The van der Waals surface area contributed by atoms with E-state index < -0.39 is 5.97 Å². The van der Waals surface area contributed by atoms with Crippen molar-refractivity contribution >= 4 is 11.8 Å². The van der Waals surface area contributed by atoms with Crippen molar-refractivity contribution in [2.75, 3.05) is 13.4 Å². The minimum atomic E-state index is -0.680. The molecular weight excluding hydrogens is 308 g/mol. The van der Waals surface area contributed by atoms with E-state index in [0.29, 0.717) is 22.5 Å². The maximum absolute atomic E-state index is 12.1. The van der Waals surface area contributed by atoms with Gasteiger partial charge in [0.2, 0.25) is 6.79 Å². The lowest BCUT2D eigenvalue weighted by Gasteiger charge is -2.08. The third-order valence-electron chi connectivity index (χ3n) is 5.14. The predicted molar refractivity (Wildman–Crippen MR) is 84.4 cm³/mol. The van der Waals surface area contributed by atoms with Crippen LogP contribution >= 0.6 is 0 Å². The van der Waals surface area contributed by atoms with Gasteiger partial charge >= 0.3 is 5.97 Å². The topological polar surface area (TPSA) is 61.8 Å². The fraction of sp³-hybridized carbons (Fsp3) is 0.474. The molecule has 0 saturated heterocycles. The van der Waals surface area contributed by atoms with Crippen LogP contribution in [0.5, 0.6) is 11.5 Å². The van der Waals surface area contributed by atoms with E-state index in [1.165, 1.54) is 12.8 Å². The SMILES string of the molecule is O=C(C#Cc1ccc2c(c1)OCO2)OCC(=O)C1CCC2(CC2)C1. The lowest BCUT2D eigenvalue weighted by Crippen LogP contribution is -2.20. The smallest absolute Gasteiger partial charge is 0.385 e. The van der Waals surface area contributed by atoms with Crippen molar-refractivity contribution in [2.45, 2.75) is 32.1 Å². The van der Waals surface area contributed by atoms with Crippen LogP contribution in [0.15, 0.2) is 18.2 Å². The average Bonchev–Trinajstić information content (AvgIpc) is 2.99. The van der Waals surface area contributed by atoms with Gasteiger partial charge in [0.25, 0.3) is 0 Å². The Bertz CT molecular complexity index is 751. The van der Waals surface area contributed by atoms with Gasteiger partial charge in [0.15, 0.2) is 23.9 Å². The summed E-state index contributed by atoms with van der Waals surface area (Å²) >= 11 is 0. The van der Waals surface area contributed by atoms with E-state index in [2.05, 4.69) is 11.8 Å². The van der Waals surface area contributed by atoms with Crippen LogP contribution < -0.4 is 9.47 Å². The first kappa shape index (κ1) is 15.1. The summed E-state index contributed by atoms with van der Waals surface area (Å²) in [6.07, 6.45) is 5.53. The van der Waals surface area contributed by atoms with Crippen LogP contribution in [0, 0.1) is 23.2 Å². The minimum absolute atomic E-state index is 0.0250. The highest BCUT2D eigenvalue weighted by atomic mass is 16.7. The quantitative estimate of drug-likeness (QED) is 0.631. The van der Waals surface area contributed by atoms with Crippen molar-refractivity contribution in [1.29, 1.82) is 0 Å². The van der Waals surface area contributed by atoms with Gasteiger partial charge in [-0.3, -0.25) is 4.79 Å². The molecule has 5 nitrogen and oxygen atoms in total. The Balaban J connectivity index is 1.28. The summed E-state index contributed by atoms with van der Waals surface area (Å²) in [5.41, 5.74) is 1.08. The second-order valence-corrected chi connectivity index (χ2v) is 6.80. The van der Waals surface area contributed by atoms with Gasteiger partial charge in [-0.25, -0.2) is 4.79 Å². The van der Waals surface area contributed by atoms with E-state index in [0.717, 1.165) is 19.3 Å². The number of carbonyl (C=O) groups is 2. The highest BCUT2D eigenvalue weighted by molar-refractivity contribution is 5.92. The minimum Gasteiger partial charge on any atom is -0.454 e. The number of hydrogen-bond donors (Lipinski definition) is 0. The molecule has 1 spiro atoms. The summed E-state index contributed by atoms with van der Waals surface area (Å²) < 4.78 is 15.5. The summed E-state index contributed by atoms with van der Waals surface area (Å²) in [5, 5.41) is 0. The number of carbonyl (C=O) groups excluding carboxylic acids is 2. The molecule has 1 aliphatic heterocycles. The van der Waals surface area contributed by atoms with Crippen LogP contribution in [0.2, 0.25) is 0 Å². The van der Waals surface area contributed by atoms with Crippen molar-refractivity contribution < 1.29 is 23.8 Å². The van der Waals surface area contributed by atoms with Crippen molar-refractivity contribution in [2.24, 2.45) is 11.3 Å². The molecule has 1 atom stereocenters. The van der Waals surface area contributed by atoms with Gasteiger partial charge in [-0.1, -0.05) is 5.92 Å². The molecule has 2 aliphatic carbocycles. The number of ketones is 1. The van der Waals surface area contributed by atoms with Gasteiger partial charge in [0.05, 0.1) is 0 Å². The maximum Gasteiger partial charge on any atom is 0.385 e. The molecule has 3 aliphatic rings. The Hall–Kier alpha value is -2.48. The molecule has 1 aromatic carbocycles. The zero-order chi connectivity index (χ0) is 16.6. The first-order chi connectivity index (χ1) is 11.6. The molecule has 4 rings (SSSR count). The van der Waals surface area contributed by atoms with E-state index in [1.54, 1.807) is 18.2 Å². The van der Waals surface area contributed by atoms with Crippen LogP contribution in [0.4, 0.5) is 0 Å². The first-order valence-electron chi connectivity index (χ1n) is 8.25. The lowest BCUT2D eigenvalue weighted by atomic mass is 9.99. The van der Waals surface area contributed by atoms with Crippen LogP contribution in [-0.2, 0) is 14.3 Å². The molecule has 2 saturated carbocycles. The van der Waals surface area contributed by atoms with E-state index in [9.17, 15) is 9.59 Å². The summed E-state index contributed by atoms with van der Waals surface area (Å²) in [4.78, 5) is 23.8. The molecule has 0 bridgehead atoms. The van der Waals surface area contributed by atoms with Gasteiger partial charge in [0, 0.05) is 17.4 Å². The van der Waals surface area contributed by atoms with E-state index in [-0.39, 0.29) is 25.1 Å². The van der Waals surface area contributed by atoms with Gasteiger partial charge in [-0.05, 0) is 55.7 Å². The Morgan fingerprint density at radius 1 is 1.21 bits per heavy atom. The second-order valence-electron chi connectivity index (χ2n) is 6.80. The van der Waals surface area contributed by atoms with Crippen LogP contribution in [-0.4, -0.2) is 25.2 Å². The average molecular weight is 326 g/mol.